The lowest BCUT2D eigenvalue weighted by atomic mass is 10.2. The summed E-state index contributed by atoms with van der Waals surface area (Å²) in [6.07, 6.45) is 1.33. The van der Waals surface area contributed by atoms with Crippen molar-refractivity contribution in [2.24, 2.45) is 5.73 Å². The minimum Gasteiger partial charge on any atom is -0.366 e. The van der Waals surface area contributed by atoms with Gasteiger partial charge in [-0.05, 0) is 29.8 Å². The smallest absolute Gasteiger partial charge is 0.287 e. The van der Waals surface area contributed by atoms with Crippen LogP contribution < -0.4 is 5.73 Å². The van der Waals surface area contributed by atoms with E-state index in [9.17, 15) is 17.6 Å². The van der Waals surface area contributed by atoms with Crippen LogP contribution in [0, 0.1) is 5.82 Å². The maximum absolute atomic E-state index is 12.4. The molecule has 122 valence electrons. The number of halogens is 2. The van der Waals surface area contributed by atoms with E-state index in [1.165, 1.54) is 12.1 Å². The third-order valence-corrected chi connectivity index (χ3v) is 3.22. The lowest BCUT2D eigenvalue weighted by Gasteiger charge is -1.97. The summed E-state index contributed by atoms with van der Waals surface area (Å²) in [5.74, 6) is -1.14. The van der Waals surface area contributed by atoms with Gasteiger partial charge in [0.05, 0.1) is 16.0 Å². The van der Waals surface area contributed by atoms with Crippen molar-refractivity contribution in [3.05, 3.63) is 75.9 Å². The molecule has 0 fully saturated rings. The molecule has 2 aromatic rings. The van der Waals surface area contributed by atoms with E-state index >= 15 is 0 Å². The van der Waals surface area contributed by atoms with Gasteiger partial charge in [-0.1, -0.05) is 41.9 Å². The number of carbonyl (C=O) groups is 1. The Kier molecular flexibility index (Phi) is 6.89. The Bertz CT molecular complexity index is 807. The molecule has 0 saturated heterocycles. The van der Waals surface area contributed by atoms with E-state index in [1.807, 2.05) is 6.07 Å². The van der Waals surface area contributed by atoms with Crippen molar-refractivity contribution >= 4 is 33.7 Å². The zero-order chi connectivity index (χ0) is 17.5. The summed E-state index contributed by atoms with van der Waals surface area (Å²) in [6, 6.07) is 12.3. The first-order valence-electron chi connectivity index (χ1n) is 6.14. The van der Waals surface area contributed by atoms with E-state index in [4.69, 9.17) is 21.9 Å². The van der Waals surface area contributed by atoms with Crippen LogP contribution in [-0.2, 0) is 10.1 Å². The number of primary amides is 1. The van der Waals surface area contributed by atoms with Crippen LogP contribution in [0.3, 0.4) is 0 Å². The Balaban J connectivity index is 0.000000231. The summed E-state index contributed by atoms with van der Waals surface area (Å²) in [5, 5.41) is 0.792. The Hall–Kier alpha value is -2.22. The maximum atomic E-state index is 12.4. The Labute approximate surface area is 137 Å². The van der Waals surface area contributed by atoms with Crippen molar-refractivity contribution in [2.45, 2.75) is 0 Å². The largest absolute Gasteiger partial charge is 0.366 e. The zero-order valence-corrected chi connectivity index (χ0v) is 13.3. The van der Waals surface area contributed by atoms with Crippen LogP contribution >= 0.6 is 11.6 Å². The van der Waals surface area contributed by atoms with E-state index in [2.05, 4.69) is 0 Å². The summed E-state index contributed by atoms with van der Waals surface area (Å²) < 4.78 is 41.3. The molecule has 0 saturated carbocycles. The van der Waals surface area contributed by atoms with Crippen LogP contribution in [0.25, 0.3) is 6.08 Å². The standard InChI is InChI=1S/C8H8O3S.C7H5ClFNO/c9-12(10,11)7-6-8-4-2-1-3-5-8;8-6-3-4(9)1-2-5(6)7(10)11/h1-7H,(H,9,10,11);1-3H,(H2,10,11). The first-order valence-corrected chi connectivity index (χ1v) is 8.02. The van der Waals surface area contributed by atoms with Crippen LogP contribution in [-0.4, -0.2) is 18.9 Å². The molecule has 2 aromatic carbocycles. The molecule has 3 N–H and O–H groups in total. The van der Waals surface area contributed by atoms with Gasteiger partial charge in [0, 0.05) is 0 Å². The molecule has 1 amide bonds. The molecule has 0 unspecified atom stereocenters. The number of carbonyl (C=O) groups excluding carboxylic acids is 1. The molecular formula is C15H13ClFNO4S. The summed E-state index contributed by atoms with van der Waals surface area (Å²) in [6.45, 7) is 0. The molecular weight excluding hydrogens is 345 g/mol. The van der Waals surface area contributed by atoms with Gasteiger partial charge >= 0.3 is 0 Å². The molecule has 0 aliphatic rings. The van der Waals surface area contributed by atoms with Crippen molar-refractivity contribution < 1.29 is 22.2 Å². The molecule has 0 aromatic heterocycles. The van der Waals surface area contributed by atoms with Gasteiger partial charge in [0.15, 0.2) is 0 Å². The van der Waals surface area contributed by atoms with Crippen molar-refractivity contribution in [3.8, 4) is 0 Å². The van der Waals surface area contributed by atoms with E-state index in [1.54, 1.807) is 24.3 Å². The third-order valence-electron chi connectivity index (χ3n) is 2.43. The van der Waals surface area contributed by atoms with Gasteiger partial charge in [-0.3, -0.25) is 9.35 Å². The lowest BCUT2D eigenvalue weighted by Crippen LogP contribution is -2.11. The third kappa shape index (κ3) is 7.55. The molecule has 0 atom stereocenters. The number of benzene rings is 2. The normalized spacial score (nSPS) is 10.9. The second kappa shape index (κ2) is 8.42. The topological polar surface area (TPSA) is 97.5 Å². The van der Waals surface area contributed by atoms with Crippen LogP contribution in [0.1, 0.15) is 15.9 Å². The second-order valence-corrected chi connectivity index (χ2v) is 5.93. The first kappa shape index (κ1) is 18.8. The number of hydrogen-bond donors (Lipinski definition) is 2. The molecule has 2 rings (SSSR count). The highest BCUT2D eigenvalue weighted by atomic mass is 35.5. The monoisotopic (exact) mass is 357 g/mol. The van der Waals surface area contributed by atoms with Crippen LogP contribution in [0.15, 0.2) is 53.9 Å². The Morgan fingerprint density at radius 2 is 1.78 bits per heavy atom. The predicted molar refractivity (Wildman–Crippen MR) is 87.0 cm³/mol. The van der Waals surface area contributed by atoms with Crippen molar-refractivity contribution in [2.75, 3.05) is 0 Å². The highest BCUT2D eigenvalue weighted by molar-refractivity contribution is 7.88. The predicted octanol–water partition coefficient (Wildman–Crippen LogP) is 3.12. The van der Waals surface area contributed by atoms with Gasteiger partial charge in [-0.2, -0.15) is 8.42 Å². The zero-order valence-electron chi connectivity index (χ0n) is 11.7. The van der Waals surface area contributed by atoms with E-state index in [-0.39, 0.29) is 10.6 Å². The molecule has 5 nitrogen and oxygen atoms in total. The van der Waals surface area contributed by atoms with Gasteiger partial charge in [-0.15, -0.1) is 0 Å². The molecule has 0 aliphatic carbocycles. The molecule has 23 heavy (non-hydrogen) atoms. The SMILES string of the molecule is NC(=O)c1ccc(F)cc1Cl.O=S(=O)(O)C=Cc1ccccc1. The molecule has 0 bridgehead atoms. The summed E-state index contributed by atoms with van der Waals surface area (Å²) >= 11 is 5.48. The van der Waals surface area contributed by atoms with Crippen LogP contribution in [0.5, 0.6) is 0 Å². The summed E-state index contributed by atoms with van der Waals surface area (Å²) in [4.78, 5) is 10.5. The quantitative estimate of drug-likeness (QED) is 0.824. The van der Waals surface area contributed by atoms with Gasteiger partial charge in [-0.25, -0.2) is 4.39 Å². The van der Waals surface area contributed by atoms with Crippen LogP contribution in [0.4, 0.5) is 4.39 Å². The average molecular weight is 358 g/mol. The number of nitrogens with two attached hydrogens (primary N) is 1. The van der Waals surface area contributed by atoms with Gasteiger partial charge < -0.3 is 5.73 Å². The number of amides is 1. The Morgan fingerprint density at radius 3 is 2.26 bits per heavy atom. The van der Waals surface area contributed by atoms with E-state index in [0.717, 1.165) is 23.1 Å². The number of rotatable bonds is 3. The van der Waals surface area contributed by atoms with Crippen LogP contribution in [0.2, 0.25) is 5.02 Å². The van der Waals surface area contributed by atoms with Crippen molar-refractivity contribution in [3.63, 3.8) is 0 Å². The summed E-state index contributed by atoms with van der Waals surface area (Å²) in [5.41, 5.74) is 5.78. The average Bonchev–Trinajstić information content (AvgIpc) is 2.46. The molecule has 0 heterocycles. The fraction of sp³-hybridized carbons (Fsp3) is 0. The highest BCUT2D eigenvalue weighted by Crippen LogP contribution is 2.16. The summed E-state index contributed by atoms with van der Waals surface area (Å²) in [7, 11) is -4.00. The molecule has 8 heteroatoms. The Morgan fingerprint density at radius 1 is 1.17 bits per heavy atom. The van der Waals surface area contributed by atoms with Gasteiger partial charge in [0.25, 0.3) is 10.1 Å². The second-order valence-electron chi connectivity index (χ2n) is 4.22. The molecule has 0 aliphatic heterocycles. The highest BCUT2D eigenvalue weighted by Gasteiger charge is 2.05. The fourth-order valence-corrected chi connectivity index (χ4v) is 2.01. The van der Waals surface area contributed by atoms with Gasteiger partial charge in [0.1, 0.15) is 5.82 Å². The van der Waals surface area contributed by atoms with Gasteiger partial charge in [0.2, 0.25) is 5.91 Å². The minimum atomic E-state index is -4.00. The first-order chi connectivity index (χ1) is 10.7. The lowest BCUT2D eigenvalue weighted by molar-refractivity contribution is 0.100. The van der Waals surface area contributed by atoms with E-state index < -0.39 is 21.8 Å². The molecule has 0 spiro atoms. The van der Waals surface area contributed by atoms with Crippen molar-refractivity contribution in [1.82, 2.24) is 0 Å². The number of hydrogen-bond acceptors (Lipinski definition) is 3. The molecule has 0 radical (unpaired) electrons. The maximum Gasteiger partial charge on any atom is 0.287 e. The fourth-order valence-electron chi connectivity index (χ4n) is 1.42. The minimum absolute atomic E-state index is 0.0394. The van der Waals surface area contributed by atoms with Crippen molar-refractivity contribution in [1.29, 1.82) is 0 Å². The van der Waals surface area contributed by atoms with E-state index in [0.29, 0.717) is 0 Å².